The first-order valence-corrected chi connectivity index (χ1v) is 5.93. The summed E-state index contributed by atoms with van der Waals surface area (Å²) in [4.78, 5) is 4.23. The molecule has 2 aromatic heterocycles. The molecule has 2 rings (SSSR count). The molecule has 0 fully saturated rings. The third-order valence-corrected chi connectivity index (χ3v) is 3.04. The van der Waals surface area contributed by atoms with Gasteiger partial charge < -0.3 is 10.3 Å². The summed E-state index contributed by atoms with van der Waals surface area (Å²) in [6, 6.07) is 4.39. The maximum atomic E-state index is 5.99. The second-order valence-electron chi connectivity index (χ2n) is 4.30. The molecule has 0 aliphatic carbocycles. The first-order valence-electron chi connectivity index (χ1n) is 5.93. The Bertz CT molecular complexity index is 471. The van der Waals surface area contributed by atoms with Gasteiger partial charge in [-0.15, -0.1) is 0 Å². The molecule has 5 heteroatoms. The topological polar surface area (TPSA) is 61.7 Å². The summed E-state index contributed by atoms with van der Waals surface area (Å²) >= 11 is 0. The third-order valence-electron chi connectivity index (χ3n) is 3.04. The molecule has 1 unspecified atom stereocenters. The van der Waals surface area contributed by atoms with E-state index in [9.17, 15) is 0 Å². The Labute approximate surface area is 101 Å². The molecule has 0 saturated heterocycles. The minimum Gasteiger partial charge on any atom is -0.344 e. The van der Waals surface area contributed by atoms with Gasteiger partial charge in [-0.2, -0.15) is 5.10 Å². The van der Waals surface area contributed by atoms with Crippen LogP contribution in [0.25, 0.3) is 0 Å². The normalized spacial score (nSPS) is 12.9. The Morgan fingerprint density at radius 2 is 2.29 bits per heavy atom. The van der Waals surface area contributed by atoms with Gasteiger partial charge in [0.05, 0.1) is 6.54 Å². The first-order chi connectivity index (χ1) is 8.20. The zero-order chi connectivity index (χ0) is 12.3. The molecule has 0 aliphatic heterocycles. The highest BCUT2D eigenvalue weighted by molar-refractivity contribution is 5.10. The third kappa shape index (κ3) is 2.74. The van der Waals surface area contributed by atoms with E-state index in [0.29, 0.717) is 0 Å². The molecule has 17 heavy (non-hydrogen) atoms. The van der Waals surface area contributed by atoms with Crippen molar-refractivity contribution in [2.45, 2.75) is 32.4 Å². The van der Waals surface area contributed by atoms with Crippen molar-refractivity contribution in [1.29, 1.82) is 0 Å². The van der Waals surface area contributed by atoms with Crippen LogP contribution in [-0.4, -0.2) is 25.4 Å². The summed E-state index contributed by atoms with van der Waals surface area (Å²) < 4.78 is 3.98. The second kappa shape index (κ2) is 5.14. The summed E-state index contributed by atoms with van der Waals surface area (Å²) in [5, 5.41) is 4.07. The average molecular weight is 233 g/mol. The number of aromatic nitrogens is 4. The number of hydrogen-bond acceptors (Lipinski definition) is 3. The molecule has 1 atom stereocenters. The molecule has 2 aromatic rings. The van der Waals surface area contributed by atoms with Gasteiger partial charge in [-0.3, -0.25) is 4.68 Å². The van der Waals surface area contributed by atoms with Crippen LogP contribution < -0.4 is 5.73 Å². The largest absolute Gasteiger partial charge is 0.344 e. The minimum absolute atomic E-state index is 0.225. The van der Waals surface area contributed by atoms with Gasteiger partial charge in [0.25, 0.3) is 0 Å². The van der Waals surface area contributed by atoms with Gasteiger partial charge in [-0.05, 0) is 18.6 Å². The van der Waals surface area contributed by atoms with Crippen LogP contribution in [0.1, 0.15) is 24.9 Å². The van der Waals surface area contributed by atoms with E-state index in [0.717, 1.165) is 25.2 Å². The highest BCUT2D eigenvalue weighted by Gasteiger charge is 2.08. The number of nitrogens with two attached hydrogens (primary N) is 1. The van der Waals surface area contributed by atoms with Crippen molar-refractivity contribution in [3.8, 4) is 0 Å². The molecule has 0 aromatic carbocycles. The minimum atomic E-state index is 0.225. The van der Waals surface area contributed by atoms with E-state index < -0.39 is 0 Å². The van der Waals surface area contributed by atoms with Crippen LogP contribution in [0.4, 0.5) is 0 Å². The molecule has 0 bridgehead atoms. The van der Waals surface area contributed by atoms with E-state index in [-0.39, 0.29) is 6.04 Å². The van der Waals surface area contributed by atoms with Crippen molar-refractivity contribution in [1.82, 2.24) is 19.3 Å². The summed E-state index contributed by atoms with van der Waals surface area (Å²) in [5.41, 5.74) is 7.24. The molecule has 92 valence electrons. The Hall–Kier alpha value is -1.62. The van der Waals surface area contributed by atoms with Gasteiger partial charge in [-0.1, -0.05) is 6.92 Å². The highest BCUT2D eigenvalue weighted by atomic mass is 15.3. The summed E-state index contributed by atoms with van der Waals surface area (Å²) in [5.74, 6) is 0.951. The molecule has 2 N–H and O–H groups in total. The van der Waals surface area contributed by atoms with Crippen LogP contribution in [-0.2, 0) is 20.0 Å². The highest BCUT2D eigenvalue weighted by Crippen LogP contribution is 2.08. The monoisotopic (exact) mass is 233 g/mol. The lowest BCUT2D eigenvalue weighted by atomic mass is 10.1. The lowest BCUT2D eigenvalue weighted by Gasteiger charge is -2.12. The van der Waals surface area contributed by atoms with Gasteiger partial charge in [0.15, 0.2) is 0 Å². The summed E-state index contributed by atoms with van der Waals surface area (Å²) in [6.45, 7) is 2.86. The zero-order valence-electron chi connectivity index (χ0n) is 10.4. The fourth-order valence-corrected chi connectivity index (χ4v) is 1.82. The molecule has 2 heterocycles. The standard InChI is InChI=1S/C12H19N5/c1-3-10(13)7-11-5-4-6-17(11)8-12-14-9-15-16(12)2/h4-6,9-10H,3,7-8,13H2,1-2H3. The van der Waals surface area contributed by atoms with E-state index in [2.05, 4.69) is 33.8 Å². The van der Waals surface area contributed by atoms with Crippen LogP contribution >= 0.6 is 0 Å². The molecule has 0 saturated carbocycles. The van der Waals surface area contributed by atoms with Gasteiger partial charge in [0, 0.05) is 31.4 Å². The fraction of sp³-hybridized carbons (Fsp3) is 0.500. The quantitative estimate of drug-likeness (QED) is 0.836. The number of hydrogen-bond donors (Lipinski definition) is 1. The Balaban J connectivity index is 2.11. The van der Waals surface area contributed by atoms with Crippen LogP contribution in [0.5, 0.6) is 0 Å². The zero-order valence-corrected chi connectivity index (χ0v) is 10.4. The van der Waals surface area contributed by atoms with Crippen molar-refractivity contribution in [2.75, 3.05) is 0 Å². The van der Waals surface area contributed by atoms with E-state index >= 15 is 0 Å². The predicted molar refractivity (Wildman–Crippen MR) is 66.5 cm³/mol. The van der Waals surface area contributed by atoms with Gasteiger partial charge in [-0.25, -0.2) is 4.98 Å². The van der Waals surface area contributed by atoms with Gasteiger partial charge in [0.2, 0.25) is 0 Å². The second-order valence-corrected chi connectivity index (χ2v) is 4.30. The van der Waals surface area contributed by atoms with Crippen molar-refractivity contribution >= 4 is 0 Å². The van der Waals surface area contributed by atoms with Crippen LogP contribution in [0.15, 0.2) is 24.7 Å². The molecule has 0 amide bonds. The molecular formula is C12H19N5. The lowest BCUT2D eigenvalue weighted by molar-refractivity contribution is 0.591. The number of nitrogens with zero attached hydrogens (tertiary/aromatic N) is 4. The fourth-order valence-electron chi connectivity index (χ4n) is 1.82. The lowest BCUT2D eigenvalue weighted by Crippen LogP contribution is -2.23. The Morgan fingerprint density at radius 1 is 1.47 bits per heavy atom. The summed E-state index contributed by atoms with van der Waals surface area (Å²) in [7, 11) is 1.91. The van der Waals surface area contributed by atoms with Gasteiger partial charge in [0.1, 0.15) is 12.2 Å². The van der Waals surface area contributed by atoms with Crippen molar-refractivity contribution in [3.05, 3.63) is 36.2 Å². The van der Waals surface area contributed by atoms with Crippen LogP contribution in [0, 0.1) is 0 Å². The van der Waals surface area contributed by atoms with Crippen molar-refractivity contribution in [3.63, 3.8) is 0 Å². The van der Waals surface area contributed by atoms with Crippen molar-refractivity contribution < 1.29 is 0 Å². The van der Waals surface area contributed by atoms with E-state index in [1.807, 2.05) is 13.1 Å². The average Bonchev–Trinajstić information content (AvgIpc) is 2.90. The summed E-state index contributed by atoms with van der Waals surface area (Å²) in [6.07, 6.45) is 5.54. The van der Waals surface area contributed by atoms with Crippen LogP contribution in [0.2, 0.25) is 0 Å². The maximum absolute atomic E-state index is 5.99. The van der Waals surface area contributed by atoms with Crippen molar-refractivity contribution in [2.24, 2.45) is 12.8 Å². The molecule has 0 spiro atoms. The molecule has 0 aliphatic rings. The number of rotatable bonds is 5. The maximum Gasteiger partial charge on any atom is 0.146 e. The SMILES string of the molecule is CCC(N)Cc1cccn1Cc1ncnn1C. The predicted octanol–water partition coefficient (Wildman–Crippen LogP) is 0.945. The van der Waals surface area contributed by atoms with E-state index in [1.165, 1.54) is 5.69 Å². The molecule has 5 nitrogen and oxygen atoms in total. The first kappa shape index (κ1) is 11.9. The Morgan fingerprint density at radius 3 is 2.94 bits per heavy atom. The van der Waals surface area contributed by atoms with Gasteiger partial charge >= 0.3 is 0 Å². The molecule has 0 radical (unpaired) electrons. The van der Waals surface area contributed by atoms with E-state index in [4.69, 9.17) is 5.73 Å². The van der Waals surface area contributed by atoms with Crippen LogP contribution in [0.3, 0.4) is 0 Å². The van der Waals surface area contributed by atoms with E-state index in [1.54, 1.807) is 11.0 Å². The Kier molecular flexibility index (Phi) is 3.58. The number of aryl methyl sites for hydroxylation is 1. The molecular weight excluding hydrogens is 214 g/mol. The smallest absolute Gasteiger partial charge is 0.146 e.